The van der Waals surface area contributed by atoms with Gasteiger partial charge < -0.3 is 11.1 Å². The number of rotatable bonds is 4. The van der Waals surface area contributed by atoms with Crippen molar-refractivity contribution < 1.29 is 4.79 Å². The summed E-state index contributed by atoms with van der Waals surface area (Å²) >= 11 is 0. The lowest BCUT2D eigenvalue weighted by atomic mass is 10.1. The summed E-state index contributed by atoms with van der Waals surface area (Å²) in [6.45, 7) is 5.93. The van der Waals surface area contributed by atoms with Crippen LogP contribution in [0.5, 0.6) is 0 Å². The van der Waals surface area contributed by atoms with E-state index in [-0.39, 0.29) is 24.4 Å². The molecule has 0 aromatic carbocycles. The van der Waals surface area contributed by atoms with Crippen molar-refractivity contribution >= 4 is 18.3 Å². The van der Waals surface area contributed by atoms with Gasteiger partial charge >= 0.3 is 0 Å². The molecule has 1 heterocycles. The van der Waals surface area contributed by atoms with E-state index in [0.29, 0.717) is 18.0 Å². The largest absolute Gasteiger partial charge is 0.352 e. The van der Waals surface area contributed by atoms with Crippen LogP contribution in [0.3, 0.4) is 0 Å². The minimum atomic E-state index is -0.0165. The summed E-state index contributed by atoms with van der Waals surface area (Å²) in [7, 11) is 0. The highest BCUT2D eigenvalue weighted by atomic mass is 35.5. The Balaban J connectivity index is 0.00000180. The first-order valence-electron chi connectivity index (χ1n) is 7.38. The van der Waals surface area contributed by atoms with E-state index in [9.17, 15) is 4.79 Å². The Morgan fingerprint density at radius 3 is 2.58 bits per heavy atom. The highest BCUT2D eigenvalue weighted by molar-refractivity contribution is 5.85. The number of likely N-dealkylation sites (tertiary alicyclic amines) is 1. The van der Waals surface area contributed by atoms with E-state index in [2.05, 4.69) is 17.1 Å². The molecule has 1 aliphatic heterocycles. The molecule has 3 N–H and O–H groups in total. The molecule has 4 nitrogen and oxygen atoms in total. The molecule has 1 saturated heterocycles. The summed E-state index contributed by atoms with van der Waals surface area (Å²) in [5.74, 6) is 0.758. The summed E-state index contributed by atoms with van der Waals surface area (Å²) in [6, 6.07) is 0.878. The number of nitrogens with one attached hydrogen (secondary N) is 1. The van der Waals surface area contributed by atoms with Crippen LogP contribution in [0.1, 0.15) is 46.0 Å². The van der Waals surface area contributed by atoms with Crippen LogP contribution in [0, 0.1) is 5.92 Å². The second-order valence-electron chi connectivity index (χ2n) is 6.05. The predicted octanol–water partition coefficient (Wildman–Crippen LogP) is 1.52. The van der Waals surface area contributed by atoms with Gasteiger partial charge in [-0.3, -0.25) is 9.69 Å². The molecule has 1 aliphatic carbocycles. The highest BCUT2D eigenvalue weighted by Crippen LogP contribution is 2.25. The molecule has 2 rings (SSSR count). The lowest BCUT2D eigenvalue weighted by molar-refractivity contribution is -0.126. The Morgan fingerprint density at radius 2 is 2.05 bits per heavy atom. The fraction of sp³-hybridized carbons (Fsp3) is 0.929. The molecule has 0 bridgehead atoms. The van der Waals surface area contributed by atoms with Gasteiger partial charge in [-0.1, -0.05) is 12.8 Å². The molecule has 0 spiro atoms. The molecule has 3 atom stereocenters. The Hall–Kier alpha value is -0.320. The molecular weight excluding hydrogens is 262 g/mol. The van der Waals surface area contributed by atoms with E-state index in [1.807, 2.05) is 6.92 Å². The molecule has 2 fully saturated rings. The molecule has 0 aromatic rings. The second kappa shape index (κ2) is 7.46. The van der Waals surface area contributed by atoms with Gasteiger partial charge in [0, 0.05) is 18.6 Å². The number of halogens is 1. The van der Waals surface area contributed by atoms with E-state index in [4.69, 9.17) is 5.73 Å². The number of nitrogens with two attached hydrogens (primary N) is 1. The first-order chi connectivity index (χ1) is 8.61. The molecule has 1 amide bonds. The monoisotopic (exact) mass is 289 g/mol. The van der Waals surface area contributed by atoms with Crippen molar-refractivity contribution in [2.45, 2.75) is 64.1 Å². The number of carbonyl (C=O) groups is 1. The summed E-state index contributed by atoms with van der Waals surface area (Å²) in [4.78, 5) is 14.5. The zero-order chi connectivity index (χ0) is 13.1. The zero-order valence-electron chi connectivity index (χ0n) is 12.1. The van der Waals surface area contributed by atoms with Gasteiger partial charge in [0.05, 0.1) is 6.04 Å². The minimum Gasteiger partial charge on any atom is -0.352 e. The Morgan fingerprint density at radius 1 is 1.42 bits per heavy atom. The normalized spacial score (nSPS) is 30.1. The molecule has 0 radical (unpaired) electrons. The summed E-state index contributed by atoms with van der Waals surface area (Å²) in [5.41, 5.74) is 5.74. The van der Waals surface area contributed by atoms with Gasteiger partial charge in [0.1, 0.15) is 0 Å². The summed E-state index contributed by atoms with van der Waals surface area (Å²) in [6.07, 6.45) is 5.94. The third-order valence-corrected chi connectivity index (χ3v) is 4.62. The van der Waals surface area contributed by atoms with Gasteiger partial charge in [-0.2, -0.15) is 0 Å². The minimum absolute atomic E-state index is 0. The zero-order valence-corrected chi connectivity index (χ0v) is 12.9. The van der Waals surface area contributed by atoms with Crippen LogP contribution >= 0.6 is 12.4 Å². The maximum absolute atomic E-state index is 12.2. The first kappa shape index (κ1) is 16.7. The molecule has 112 valence electrons. The molecular formula is C14H28ClN3O. The smallest absolute Gasteiger partial charge is 0.237 e. The van der Waals surface area contributed by atoms with Crippen molar-refractivity contribution in [3.63, 3.8) is 0 Å². The van der Waals surface area contributed by atoms with Crippen LogP contribution < -0.4 is 11.1 Å². The highest BCUT2D eigenvalue weighted by Gasteiger charge is 2.34. The van der Waals surface area contributed by atoms with Crippen molar-refractivity contribution in [3.8, 4) is 0 Å². The molecule has 19 heavy (non-hydrogen) atoms. The lowest BCUT2D eigenvalue weighted by Crippen LogP contribution is -2.49. The van der Waals surface area contributed by atoms with Gasteiger partial charge in [-0.15, -0.1) is 12.4 Å². The number of nitrogens with zero attached hydrogens (tertiary/aromatic N) is 1. The second-order valence-corrected chi connectivity index (χ2v) is 6.05. The van der Waals surface area contributed by atoms with Gasteiger partial charge in [0.25, 0.3) is 0 Å². The van der Waals surface area contributed by atoms with E-state index < -0.39 is 0 Å². The van der Waals surface area contributed by atoms with Crippen LogP contribution in [-0.4, -0.2) is 42.0 Å². The van der Waals surface area contributed by atoms with E-state index in [0.717, 1.165) is 32.4 Å². The van der Waals surface area contributed by atoms with Crippen molar-refractivity contribution in [3.05, 3.63) is 0 Å². The average molecular weight is 290 g/mol. The van der Waals surface area contributed by atoms with Gasteiger partial charge in [0.2, 0.25) is 5.91 Å². The third-order valence-electron chi connectivity index (χ3n) is 4.62. The van der Waals surface area contributed by atoms with Gasteiger partial charge in [0.15, 0.2) is 0 Å². The lowest BCUT2D eigenvalue weighted by Gasteiger charge is -2.28. The van der Waals surface area contributed by atoms with Crippen molar-refractivity contribution in [1.82, 2.24) is 10.2 Å². The van der Waals surface area contributed by atoms with Crippen LogP contribution in [0.2, 0.25) is 0 Å². The Kier molecular flexibility index (Phi) is 6.57. The maximum Gasteiger partial charge on any atom is 0.237 e. The SMILES string of the molecule is CC1CC(CN)CN1C(C)C(=O)NC1CCCC1.Cl. The quantitative estimate of drug-likeness (QED) is 0.825. The Labute approximate surface area is 122 Å². The van der Waals surface area contributed by atoms with Crippen LogP contribution in [0.4, 0.5) is 0 Å². The number of amides is 1. The Bertz CT molecular complexity index is 294. The van der Waals surface area contributed by atoms with Crippen molar-refractivity contribution in [2.24, 2.45) is 11.7 Å². The molecule has 3 unspecified atom stereocenters. The van der Waals surface area contributed by atoms with E-state index in [1.54, 1.807) is 0 Å². The fourth-order valence-electron chi connectivity index (χ4n) is 3.42. The van der Waals surface area contributed by atoms with Crippen LogP contribution in [0.25, 0.3) is 0 Å². The van der Waals surface area contributed by atoms with Crippen LogP contribution in [0.15, 0.2) is 0 Å². The summed E-state index contributed by atoms with van der Waals surface area (Å²) < 4.78 is 0. The standard InChI is InChI=1S/C14H27N3O.ClH/c1-10-7-12(8-15)9-17(10)11(2)14(18)16-13-5-3-4-6-13;/h10-13H,3-9,15H2,1-2H3,(H,16,18);1H. The molecule has 5 heteroatoms. The van der Waals surface area contributed by atoms with Gasteiger partial charge in [-0.05, 0) is 45.6 Å². The van der Waals surface area contributed by atoms with E-state index >= 15 is 0 Å². The average Bonchev–Trinajstić information content (AvgIpc) is 2.97. The fourth-order valence-corrected chi connectivity index (χ4v) is 3.42. The van der Waals surface area contributed by atoms with E-state index in [1.165, 1.54) is 12.8 Å². The number of hydrogen-bond donors (Lipinski definition) is 2. The van der Waals surface area contributed by atoms with Gasteiger partial charge in [-0.25, -0.2) is 0 Å². The third kappa shape index (κ3) is 4.07. The number of hydrogen-bond acceptors (Lipinski definition) is 3. The number of carbonyl (C=O) groups excluding carboxylic acids is 1. The predicted molar refractivity (Wildman–Crippen MR) is 80.4 cm³/mol. The molecule has 1 saturated carbocycles. The van der Waals surface area contributed by atoms with Crippen molar-refractivity contribution in [1.29, 1.82) is 0 Å². The summed E-state index contributed by atoms with van der Waals surface area (Å²) in [5, 5.41) is 3.20. The molecule has 2 aliphatic rings. The van der Waals surface area contributed by atoms with Crippen molar-refractivity contribution in [2.75, 3.05) is 13.1 Å². The topological polar surface area (TPSA) is 58.4 Å². The van der Waals surface area contributed by atoms with Crippen LogP contribution in [-0.2, 0) is 4.79 Å². The first-order valence-corrected chi connectivity index (χ1v) is 7.38. The molecule has 0 aromatic heterocycles. The maximum atomic E-state index is 12.2.